The van der Waals surface area contributed by atoms with Gasteiger partial charge in [0.1, 0.15) is 6.04 Å². The Bertz CT molecular complexity index is 336. The summed E-state index contributed by atoms with van der Waals surface area (Å²) in [6.07, 6.45) is 0.902. The summed E-state index contributed by atoms with van der Waals surface area (Å²) in [6, 6.07) is -0.891. The zero-order valence-corrected chi connectivity index (χ0v) is 9.83. The minimum atomic E-state index is -3.32. The van der Waals surface area contributed by atoms with Gasteiger partial charge in [-0.2, -0.15) is 4.31 Å². The third-order valence-electron chi connectivity index (χ3n) is 2.47. The Labute approximate surface area is 90.1 Å². The second-order valence-electron chi connectivity index (χ2n) is 4.26. The van der Waals surface area contributed by atoms with E-state index in [1.807, 2.05) is 13.8 Å². The Kier molecular flexibility index (Phi) is 3.72. The van der Waals surface area contributed by atoms with Crippen molar-refractivity contribution < 1.29 is 18.3 Å². The summed E-state index contributed by atoms with van der Waals surface area (Å²) in [4.78, 5) is 11.0. The van der Waals surface area contributed by atoms with Gasteiger partial charge in [0.25, 0.3) is 0 Å². The standard InChI is InChI=1S/C9H17NO4S/c1-7(2)6-8(9(11)12)10-4-3-5-15(10,13)14/h7-8H,3-6H2,1-2H3,(H,11,12). The highest BCUT2D eigenvalue weighted by Gasteiger charge is 2.38. The van der Waals surface area contributed by atoms with Crippen molar-refractivity contribution in [1.82, 2.24) is 4.31 Å². The molecule has 1 N–H and O–H groups in total. The van der Waals surface area contributed by atoms with Crippen molar-refractivity contribution in [2.75, 3.05) is 12.3 Å². The van der Waals surface area contributed by atoms with Gasteiger partial charge in [-0.1, -0.05) is 13.8 Å². The zero-order valence-electron chi connectivity index (χ0n) is 9.01. The summed E-state index contributed by atoms with van der Waals surface area (Å²) < 4.78 is 24.2. The molecule has 6 heteroatoms. The van der Waals surface area contributed by atoms with E-state index in [0.29, 0.717) is 19.4 Å². The molecule has 0 aliphatic carbocycles. The van der Waals surface area contributed by atoms with Gasteiger partial charge in [0.2, 0.25) is 10.0 Å². The van der Waals surface area contributed by atoms with Crippen molar-refractivity contribution in [3.8, 4) is 0 Å². The maximum atomic E-state index is 11.6. The van der Waals surface area contributed by atoms with Gasteiger partial charge >= 0.3 is 5.97 Å². The van der Waals surface area contributed by atoms with Crippen molar-refractivity contribution >= 4 is 16.0 Å². The maximum Gasteiger partial charge on any atom is 0.322 e. The molecule has 0 amide bonds. The lowest BCUT2D eigenvalue weighted by atomic mass is 10.0. The molecule has 88 valence electrons. The van der Waals surface area contributed by atoms with Gasteiger partial charge in [-0.05, 0) is 18.8 Å². The fourth-order valence-electron chi connectivity index (χ4n) is 1.80. The van der Waals surface area contributed by atoms with Crippen molar-refractivity contribution in [2.24, 2.45) is 5.92 Å². The first-order valence-electron chi connectivity index (χ1n) is 5.07. The molecule has 1 saturated heterocycles. The zero-order chi connectivity index (χ0) is 11.6. The van der Waals surface area contributed by atoms with Crippen molar-refractivity contribution in [1.29, 1.82) is 0 Å². The van der Waals surface area contributed by atoms with Crippen LogP contribution in [0.3, 0.4) is 0 Å². The summed E-state index contributed by atoms with van der Waals surface area (Å²) in [5, 5.41) is 9.01. The molecule has 1 aliphatic heterocycles. The molecule has 0 saturated carbocycles. The summed E-state index contributed by atoms with van der Waals surface area (Å²) in [7, 11) is -3.32. The van der Waals surface area contributed by atoms with Crippen molar-refractivity contribution in [2.45, 2.75) is 32.7 Å². The van der Waals surface area contributed by atoms with Gasteiger partial charge < -0.3 is 5.11 Å². The largest absolute Gasteiger partial charge is 0.480 e. The summed E-state index contributed by atoms with van der Waals surface area (Å²) in [5.41, 5.74) is 0. The van der Waals surface area contributed by atoms with Crippen LogP contribution in [0.2, 0.25) is 0 Å². The monoisotopic (exact) mass is 235 g/mol. The topological polar surface area (TPSA) is 74.7 Å². The lowest BCUT2D eigenvalue weighted by Crippen LogP contribution is -2.42. The normalized spacial score (nSPS) is 23.1. The Morgan fingerprint density at radius 2 is 2.07 bits per heavy atom. The number of carboxylic acids is 1. The summed E-state index contributed by atoms with van der Waals surface area (Å²) in [6.45, 7) is 4.11. The molecule has 0 spiro atoms. The molecule has 1 aliphatic rings. The molecule has 0 aromatic heterocycles. The molecule has 15 heavy (non-hydrogen) atoms. The molecule has 0 aromatic rings. The van der Waals surface area contributed by atoms with Crippen LogP contribution in [-0.4, -0.2) is 42.1 Å². The average molecular weight is 235 g/mol. The molecule has 1 heterocycles. The highest BCUT2D eigenvalue weighted by molar-refractivity contribution is 7.89. The minimum absolute atomic E-state index is 0.0782. The van der Waals surface area contributed by atoms with Crippen LogP contribution in [0.15, 0.2) is 0 Å². The number of nitrogens with zero attached hydrogens (tertiary/aromatic N) is 1. The molecule has 1 atom stereocenters. The Morgan fingerprint density at radius 3 is 2.40 bits per heavy atom. The van der Waals surface area contributed by atoms with E-state index in [2.05, 4.69) is 0 Å². The number of sulfonamides is 1. The summed E-state index contributed by atoms with van der Waals surface area (Å²) >= 11 is 0. The minimum Gasteiger partial charge on any atom is -0.480 e. The van der Waals surface area contributed by atoms with Crippen LogP contribution in [0, 0.1) is 5.92 Å². The van der Waals surface area contributed by atoms with Gasteiger partial charge in [-0.15, -0.1) is 0 Å². The number of carboxylic acid groups (broad SMARTS) is 1. The fourth-order valence-corrected chi connectivity index (χ4v) is 3.50. The highest BCUT2D eigenvalue weighted by Crippen LogP contribution is 2.21. The smallest absolute Gasteiger partial charge is 0.322 e. The van der Waals surface area contributed by atoms with E-state index in [1.54, 1.807) is 0 Å². The first-order valence-corrected chi connectivity index (χ1v) is 6.68. The molecule has 5 nitrogen and oxygen atoms in total. The van der Waals surface area contributed by atoms with Gasteiger partial charge in [0.15, 0.2) is 0 Å². The number of hydrogen-bond acceptors (Lipinski definition) is 3. The van der Waals surface area contributed by atoms with Crippen molar-refractivity contribution in [3.05, 3.63) is 0 Å². The van der Waals surface area contributed by atoms with Crippen LogP contribution >= 0.6 is 0 Å². The van der Waals surface area contributed by atoms with Crippen LogP contribution in [-0.2, 0) is 14.8 Å². The number of rotatable bonds is 4. The van der Waals surface area contributed by atoms with Gasteiger partial charge in [-0.3, -0.25) is 4.79 Å². The SMILES string of the molecule is CC(C)CC(C(=O)O)N1CCCS1(=O)=O. The lowest BCUT2D eigenvalue weighted by molar-refractivity contribution is -0.141. The van der Waals surface area contributed by atoms with Crippen LogP contribution < -0.4 is 0 Å². The van der Waals surface area contributed by atoms with Crippen LogP contribution in [0.25, 0.3) is 0 Å². The second kappa shape index (κ2) is 4.49. The van der Waals surface area contributed by atoms with E-state index in [0.717, 1.165) is 4.31 Å². The molecule has 1 fully saturated rings. The predicted octanol–water partition coefficient (Wildman–Crippen LogP) is 0.521. The van der Waals surface area contributed by atoms with Crippen LogP contribution in [0.4, 0.5) is 0 Å². The molecule has 0 radical (unpaired) electrons. The van der Waals surface area contributed by atoms with Gasteiger partial charge in [-0.25, -0.2) is 8.42 Å². The van der Waals surface area contributed by atoms with Gasteiger partial charge in [0, 0.05) is 6.54 Å². The highest BCUT2D eigenvalue weighted by atomic mass is 32.2. The Morgan fingerprint density at radius 1 is 1.47 bits per heavy atom. The Hall–Kier alpha value is -0.620. The van der Waals surface area contributed by atoms with Crippen LogP contribution in [0.1, 0.15) is 26.7 Å². The molecule has 0 bridgehead atoms. The molecule has 0 aromatic carbocycles. The quantitative estimate of drug-likeness (QED) is 0.771. The first-order chi connectivity index (χ1) is 6.84. The number of carbonyl (C=O) groups is 1. The predicted molar refractivity (Wildman–Crippen MR) is 56.0 cm³/mol. The van der Waals surface area contributed by atoms with E-state index >= 15 is 0 Å². The lowest BCUT2D eigenvalue weighted by Gasteiger charge is -2.23. The van der Waals surface area contributed by atoms with E-state index in [9.17, 15) is 13.2 Å². The second-order valence-corrected chi connectivity index (χ2v) is 6.30. The maximum absolute atomic E-state index is 11.6. The Balaban J connectivity index is 2.85. The fraction of sp³-hybridized carbons (Fsp3) is 0.889. The van der Waals surface area contributed by atoms with E-state index in [4.69, 9.17) is 5.11 Å². The third-order valence-corrected chi connectivity index (χ3v) is 4.42. The molecular formula is C9H17NO4S. The molecule has 1 unspecified atom stereocenters. The van der Waals surface area contributed by atoms with Crippen molar-refractivity contribution in [3.63, 3.8) is 0 Å². The first kappa shape index (κ1) is 12.4. The van der Waals surface area contributed by atoms with E-state index in [1.165, 1.54) is 0 Å². The van der Waals surface area contributed by atoms with Gasteiger partial charge in [0.05, 0.1) is 5.75 Å². The average Bonchev–Trinajstić information content (AvgIpc) is 2.40. The molecular weight excluding hydrogens is 218 g/mol. The number of aliphatic carboxylic acids is 1. The van der Waals surface area contributed by atoms with Crippen LogP contribution in [0.5, 0.6) is 0 Å². The van der Waals surface area contributed by atoms with E-state index in [-0.39, 0.29) is 11.7 Å². The third kappa shape index (κ3) is 2.92. The summed E-state index contributed by atoms with van der Waals surface area (Å²) in [5.74, 6) is -0.800. The number of hydrogen-bond donors (Lipinski definition) is 1. The molecule has 1 rings (SSSR count). The van der Waals surface area contributed by atoms with E-state index < -0.39 is 22.0 Å².